The van der Waals surface area contributed by atoms with Gasteiger partial charge in [-0.15, -0.1) is 0 Å². The molecule has 2 heteroatoms. The molecule has 2 rings (SSSR count). The summed E-state index contributed by atoms with van der Waals surface area (Å²) >= 11 is 0. The standard InChI is InChI=1S/C17H20FN/c1-3-13-4-6-14(7-5-13)17(19)11-15-8-9-16(18)10-12(15)2/h4-10,17H,3,11,19H2,1-2H3. The summed E-state index contributed by atoms with van der Waals surface area (Å²) in [5.74, 6) is -0.192. The Hall–Kier alpha value is -1.67. The van der Waals surface area contributed by atoms with Crippen molar-refractivity contribution < 1.29 is 4.39 Å². The van der Waals surface area contributed by atoms with Crippen LogP contribution in [0.25, 0.3) is 0 Å². The number of aryl methyl sites for hydroxylation is 2. The Balaban J connectivity index is 2.13. The summed E-state index contributed by atoms with van der Waals surface area (Å²) < 4.78 is 13.1. The number of rotatable bonds is 4. The smallest absolute Gasteiger partial charge is 0.123 e. The van der Waals surface area contributed by atoms with Gasteiger partial charge in [0.2, 0.25) is 0 Å². The van der Waals surface area contributed by atoms with Crippen LogP contribution < -0.4 is 5.73 Å². The van der Waals surface area contributed by atoms with Crippen LogP contribution in [0.4, 0.5) is 4.39 Å². The number of hydrogen-bond donors (Lipinski definition) is 1. The van der Waals surface area contributed by atoms with Crippen LogP contribution in [0.3, 0.4) is 0 Å². The second-order valence-corrected chi connectivity index (χ2v) is 4.98. The van der Waals surface area contributed by atoms with Gasteiger partial charge in [-0.3, -0.25) is 0 Å². The van der Waals surface area contributed by atoms with Crippen molar-refractivity contribution in [3.05, 3.63) is 70.5 Å². The predicted molar refractivity (Wildman–Crippen MR) is 77.6 cm³/mol. The van der Waals surface area contributed by atoms with Crippen LogP contribution in [0.2, 0.25) is 0 Å². The number of halogens is 1. The van der Waals surface area contributed by atoms with E-state index in [1.165, 1.54) is 11.6 Å². The van der Waals surface area contributed by atoms with Gasteiger partial charge in [-0.1, -0.05) is 37.3 Å². The van der Waals surface area contributed by atoms with Crippen LogP contribution in [-0.4, -0.2) is 0 Å². The zero-order chi connectivity index (χ0) is 13.8. The first kappa shape index (κ1) is 13.8. The maximum atomic E-state index is 13.1. The van der Waals surface area contributed by atoms with Gasteiger partial charge >= 0.3 is 0 Å². The molecule has 0 saturated heterocycles. The monoisotopic (exact) mass is 257 g/mol. The van der Waals surface area contributed by atoms with Crippen molar-refractivity contribution >= 4 is 0 Å². The van der Waals surface area contributed by atoms with Crippen LogP contribution in [0.5, 0.6) is 0 Å². The van der Waals surface area contributed by atoms with Crippen molar-refractivity contribution in [3.8, 4) is 0 Å². The first-order valence-electron chi connectivity index (χ1n) is 6.69. The Morgan fingerprint density at radius 2 is 1.79 bits per heavy atom. The summed E-state index contributed by atoms with van der Waals surface area (Å²) in [6, 6.07) is 13.2. The summed E-state index contributed by atoms with van der Waals surface area (Å²) in [6.45, 7) is 4.06. The van der Waals surface area contributed by atoms with E-state index in [1.54, 1.807) is 6.07 Å². The molecule has 0 amide bonds. The fourth-order valence-electron chi connectivity index (χ4n) is 2.24. The van der Waals surface area contributed by atoms with E-state index in [0.29, 0.717) is 0 Å². The molecule has 0 saturated carbocycles. The predicted octanol–water partition coefficient (Wildman–Crippen LogP) is 3.94. The van der Waals surface area contributed by atoms with Crippen molar-refractivity contribution in [2.24, 2.45) is 5.73 Å². The fourth-order valence-corrected chi connectivity index (χ4v) is 2.24. The van der Waals surface area contributed by atoms with Crippen LogP contribution in [0, 0.1) is 12.7 Å². The quantitative estimate of drug-likeness (QED) is 0.882. The molecule has 0 aliphatic carbocycles. The highest BCUT2D eigenvalue weighted by atomic mass is 19.1. The first-order valence-corrected chi connectivity index (χ1v) is 6.69. The number of benzene rings is 2. The lowest BCUT2D eigenvalue weighted by Gasteiger charge is -2.14. The maximum Gasteiger partial charge on any atom is 0.123 e. The lowest BCUT2D eigenvalue weighted by molar-refractivity contribution is 0.624. The molecule has 0 fully saturated rings. The molecule has 100 valence electrons. The minimum atomic E-state index is -0.192. The van der Waals surface area contributed by atoms with Crippen molar-refractivity contribution in [1.29, 1.82) is 0 Å². The largest absolute Gasteiger partial charge is 0.324 e. The molecule has 0 spiro atoms. The van der Waals surface area contributed by atoms with Gasteiger partial charge in [-0.2, -0.15) is 0 Å². The highest BCUT2D eigenvalue weighted by Gasteiger charge is 2.09. The minimum absolute atomic E-state index is 0.0462. The molecule has 1 unspecified atom stereocenters. The molecule has 19 heavy (non-hydrogen) atoms. The zero-order valence-electron chi connectivity index (χ0n) is 11.5. The highest BCUT2D eigenvalue weighted by molar-refractivity contribution is 5.31. The molecule has 2 aromatic carbocycles. The van der Waals surface area contributed by atoms with E-state index < -0.39 is 0 Å². The van der Waals surface area contributed by atoms with E-state index >= 15 is 0 Å². The van der Waals surface area contributed by atoms with Crippen molar-refractivity contribution in [1.82, 2.24) is 0 Å². The molecule has 2 N–H and O–H groups in total. The van der Waals surface area contributed by atoms with Crippen molar-refractivity contribution in [3.63, 3.8) is 0 Å². The Morgan fingerprint density at radius 1 is 1.11 bits per heavy atom. The molecule has 0 aliphatic heterocycles. The summed E-state index contributed by atoms with van der Waals surface area (Å²) in [5, 5.41) is 0. The number of nitrogens with two attached hydrogens (primary N) is 1. The number of hydrogen-bond acceptors (Lipinski definition) is 1. The lowest BCUT2D eigenvalue weighted by Crippen LogP contribution is -2.14. The summed E-state index contributed by atoms with van der Waals surface area (Å²) in [6.07, 6.45) is 1.77. The average molecular weight is 257 g/mol. The summed E-state index contributed by atoms with van der Waals surface area (Å²) in [4.78, 5) is 0. The van der Waals surface area contributed by atoms with E-state index in [1.807, 2.05) is 13.0 Å². The summed E-state index contributed by atoms with van der Waals surface area (Å²) in [7, 11) is 0. The molecule has 0 aliphatic rings. The lowest BCUT2D eigenvalue weighted by atomic mass is 9.96. The molecular formula is C17H20FN. The van der Waals surface area contributed by atoms with Crippen LogP contribution >= 0.6 is 0 Å². The third-order valence-corrected chi connectivity index (χ3v) is 3.56. The van der Waals surface area contributed by atoms with Gasteiger partial charge in [-0.05, 0) is 54.2 Å². The molecule has 0 radical (unpaired) electrons. The van der Waals surface area contributed by atoms with Gasteiger partial charge in [0.25, 0.3) is 0 Å². The molecule has 0 bridgehead atoms. The second-order valence-electron chi connectivity index (χ2n) is 4.98. The normalized spacial score (nSPS) is 12.4. The molecule has 0 heterocycles. The maximum absolute atomic E-state index is 13.1. The SMILES string of the molecule is CCc1ccc(C(N)Cc2ccc(F)cc2C)cc1. The molecule has 2 aromatic rings. The topological polar surface area (TPSA) is 26.0 Å². The van der Waals surface area contributed by atoms with Crippen molar-refractivity contribution in [2.75, 3.05) is 0 Å². The van der Waals surface area contributed by atoms with Gasteiger partial charge in [0.05, 0.1) is 0 Å². The Bertz CT molecular complexity index is 546. The van der Waals surface area contributed by atoms with E-state index in [-0.39, 0.29) is 11.9 Å². The van der Waals surface area contributed by atoms with Crippen LogP contribution in [0.15, 0.2) is 42.5 Å². The third-order valence-electron chi connectivity index (χ3n) is 3.56. The van der Waals surface area contributed by atoms with Gasteiger partial charge in [0.1, 0.15) is 5.82 Å². The Morgan fingerprint density at radius 3 is 2.37 bits per heavy atom. The second kappa shape index (κ2) is 5.98. The Labute approximate surface area is 114 Å². The molecule has 1 atom stereocenters. The van der Waals surface area contributed by atoms with E-state index in [9.17, 15) is 4.39 Å². The molecular weight excluding hydrogens is 237 g/mol. The average Bonchev–Trinajstić information content (AvgIpc) is 2.42. The van der Waals surface area contributed by atoms with E-state index in [4.69, 9.17) is 5.73 Å². The van der Waals surface area contributed by atoms with Crippen LogP contribution in [0.1, 0.15) is 35.2 Å². The van der Waals surface area contributed by atoms with Crippen molar-refractivity contribution in [2.45, 2.75) is 32.7 Å². The third kappa shape index (κ3) is 3.42. The zero-order valence-corrected chi connectivity index (χ0v) is 11.5. The van der Waals surface area contributed by atoms with E-state index in [2.05, 4.69) is 31.2 Å². The molecule has 0 aromatic heterocycles. The fraction of sp³-hybridized carbons (Fsp3) is 0.294. The van der Waals surface area contributed by atoms with Gasteiger partial charge < -0.3 is 5.73 Å². The van der Waals surface area contributed by atoms with Gasteiger partial charge in [-0.25, -0.2) is 4.39 Å². The van der Waals surface area contributed by atoms with Gasteiger partial charge in [0, 0.05) is 6.04 Å². The van der Waals surface area contributed by atoms with Gasteiger partial charge in [0.15, 0.2) is 0 Å². The minimum Gasteiger partial charge on any atom is -0.324 e. The Kier molecular flexibility index (Phi) is 4.33. The van der Waals surface area contributed by atoms with Crippen LogP contribution in [-0.2, 0) is 12.8 Å². The first-order chi connectivity index (χ1) is 9.10. The summed E-state index contributed by atoms with van der Waals surface area (Å²) in [5.41, 5.74) is 10.7. The van der Waals surface area contributed by atoms with E-state index in [0.717, 1.165) is 29.5 Å². The highest BCUT2D eigenvalue weighted by Crippen LogP contribution is 2.19. The molecule has 1 nitrogen and oxygen atoms in total.